The number of hydrogen-bond acceptors (Lipinski definition) is 2. The third kappa shape index (κ3) is 4.10. The van der Waals surface area contributed by atoms with Crippen LogP contribution in [0.25, 0.3) is 0 Å². The van der Waals surface area contributed by atoms with Crippen LogP contribution in [0.5, 0.6) is 0 Å². The van der Waals surface area contributed by atoms with Crippen molar-refractivity contribution in [2.45, 2.75) is 83.2 Å². The molecule has 6 heteroatoms. The van der Waals surface area contributed by atoms with E-state index in [9.17, 15) is 22.4 Å². The molecule has 2 aliphatic carbocycles. The molecule has 26 heavy (non-hydrogen) atoms. The summed E-state index contributed by atoms with van der Waals surface area (Å²) in [5.74, 6) is -1.76. The van der Waals surface area contributed by atoms with E-state index in [1.807, 2.05) is 6.92 Å². The van der Waals surface area contributed by atoms with E-state index in [4.69, 9.17) is 4.74 Å². The van der Waals surface area contributed by atoms with Crippen LogP contribution < -0.4 is 0 Å². The van der Waals surface area contributed by atoms with E-state index in [1.165, 1.54) is 0 Å². The molecule has 0 spiro atoms. The molecule has 0 amide bonds. The zero-order valence-corrected chi connectivity index (χ0v) is 15.6. The SMILES string of the molecule is CC1CCC(C2CC(C)C(C(=O)C3CC(F)C(F)C(F)C3)C(F)C2)OC1. The third-order valence-electron chi connectivity index (χ3n) is 6.71. The van der Waals surface area contributed by atoms with Gasteiger partial charge in [0.15, 0.2) is 6.17 Å². The molecule has 0 N–H and O–H groups in total. The lowest BCUT2D eigenvalue weighted by Gasteiger charge is -2.42. The summed E-state index contributed by atoms with van der Waals surface area (Å²) >= 11 is 0. The van der Waals surface area contributed by atoms with E-state index in [1.54, 1.807) is 0 Å². The van der Waals surface area contributed by atoms with Gasteiger partial charge in [0.25, 0.3) is 0 Å². The molecule has 0 bridgehead atoms. The molecule has 0 aromatic carbocycles. The summed E-state index contributed by atoms with van der Waals surface area (Å²) in [7, 11) is 0. The second-order valence-corrected chi connectivity index (χ2v) is 8.85. The van der Waals surface area contributed by atoms with E-state index in [0.717, 1.165) is 12.8 Å². The van der Waals surface area contributed by atoms with E-state index >= 15 is 0 Å². The number of carbonyl (C=O) groups excluding carboxylic acids is 1. The molecule has 0 aromatic rings. The number of ether oxygens (including phenoxy) is 1. The smallest absolute Gasteiger partial charge is 0.162 e. The normalized spacial score (nSPS) is 50.4. The summed E-state index contributed by atoms with van der Waals surface area (Å²) < 4.78 is 61.5. The minimum Gasteiger partial charge on any atom is -0.378 e. The van der Waals surface area contributed by atoms with Crippen molar-refractivity contribution in [1.82, 2.24) is 0 Å². The summed E-state index contributed by atoms with van der Waals surface area (Å²) in [5, 5.41) is 0. The molecule has 0 radical (unpaired) electrons. The molecule has 1 heterocycles. The molecule has 150 valence electrons. The van der Waals surface area contributed by atoms with Gasteiger partial charge in [0.05, 0.1) is 12.0 Å². The van der Waals surface area contributed by atoms with E-state index in [2.05, 4.69) is 6.92 Å². The van der Waals surface area contributed by atoms with Gasteiger partial charge in [0, 0.05) is 12.5 Å². The Bertz CT molecular complexity index is 470. The van der Waals surface area contributed by atoms with E-state index in [-0.39, 0.29) is 37.2 Å². The Morgan fingerprint density at radius 1 is 0.885 bits per heavy atom. The zero-order chi connectivity index (χ0) is 19.0. The lowest BCUT2D eigenvalue weighted by molar-refractivity contribution is -0.139. The van der Waals surface area contributed by atoms with Gasteiger partial charge in [-0.1, -0.05) is 13.8 Å². The van der Waals surface area contributed by atoms with Crippen molar-refractivity contribution in [3.63, 3.8) is 0 Å². The summed E-state index contributed by atoms with van der Waals surface area (Å²) in [6.45, 7) is 4.67. The minimum atomic E-state index is -2.17. The second kappa shape index (κ2) is 8.15. The van der Waals surface area contributed by atoms with Crippen LogP contribution in [0.15, 0.2) is 0 Å². The van der Waals surface area contributed by atoms with Crippen molar-refractivity contribution in [3.8, 4) is 0 Å². The van der Waals surface area contributed by atoms with Crippen LogP contribution in [0, 0.1) is 29.6 Å². The Morgan fingerprint density at radius 2 is 1.54 bits per heavy atom. The van der Waals surface area contributed by atoms with Crippen molar-refractivity contribution in [2.75, 3.05) is 6.61 Å². The number of ketones is 1. The molecule has 1 saturated heterocycles. The molecule has 8 unspecified atom stereocenters. The van der Waals surface area contributed by atoms with Crippen LogP contribution in [0.4, 0.5) is 17.6 Å². The summed E-state index contributed by atoms with van der Waals surface area (Å²) in [4.78, 5) is 12.8. The van der Waals surface area contributed by atoms with Crippen molar-refractivity contribution in [3.05, 3.63) is 0 Å². The summed E-state index contributed by atoms with van der Waals surface area (Å²) in [6.07, 6.45) is -5.14. The fraction of sp³-hybridized carbons (Fsp3) is 0.950. The minimum absolute atomic E-state index is 0.0374. The topological polar surface area (TPSA) is 26.3 Å². The highest BCUT2D eigenvalue weighted by Crippen LogP contribution is 2.43. The van der Waals surface area contributed by atoms with Gasteiger partial charge >= 0.3 is 0 Å². The standard InChI is InChI=1S/C20H30F4O2/c1-10-3-4-17(26-9-10)12-5-11(2)18(14(21)6-12)20(25)13-7-15(22)19(24)16(23)8-13/h10-19H,3-9H2,1-2H3. The molecule has 1 aliphatic heterocycles. The molecule has 3 fully saturated rings. The highest BCUT2D eigenvalue weighted by atomic mass is 19.2. The van der Waals surface area contributed by atoms with Gasteiger partial charge in [-0.05, 0) is 56.3 Å². The van der Waals surface area contributed by atoms with Crippen LogP contribution in [-0.2, 0) is 9.53 Å². The highest BCUT2D eigenvalue weighted by Gasteiger charge is 2.48. The first kappa shape index (κ1) is 20.1. The predicted molar refractivity (Wildman–Crippen MR) is 90.8 cm³/mol. The first-order valence-electron chi connectivity index (χ1n) is 9.99. The monoisotopic (exact) mass is 378 g/mol. The number of alkyl halides is 4. The molecule has 2 saturated carbocycles. The Hall–Kier alpha value is -0.650. The average Bonchev–Trinajstić information content (AvgIpc) is 2.59. The third-order valence-corrected chi connectivity index (χ3v) is 6.71. The van der Waals surface area contributed by atoms with Crippen molar-refractivity contribution in [1.29, 1.82) is 0 Å². The van der Waals surface area contributed by atoms with Crippen LogP contribution >= 0.6 is 0 Å². The molecule has 0 aromatic heterocycles. The molecule has 3 aliphatic rings. The molecular formula is C20H30F4O2. The largest absolute Gasteiger partial charge is 0.378 e. The fourth-order valence-corrected chi connectivity index (χ4v) is 5.18. The predicted octanol–water partition coefficient (Wildman–Crippen LogP) is 4.80. The van der Waals surface area contributed by atoms with Gasteiger partial charge in [-0.3, -0.25) is 4.79 Å². The van der Waals surface area contributed by atoms with E-state index in [0.29, 0.717) is 18.9 Å². The number of rotatable bonds is 3. The maximum atomic E-state index is 14.9. The van der Waals surface area contributed by atoms with Crippen LogP contribution in [0.3, 0.4) is 0 Å². The second-order valence-electron chi connectivity index (χ2n) is 8.85. The summed E-state index contributed by atoms with van der Waals surface area (Å²) in [6, 6.07) is 0. The highest BCUT2D eigenvalue weighted by molar-refractivity contribution is 5.84. The Balaban J connectivity index is 1.62. The van der Waals surface area contributed by atoms with Crippen LogP contribution in [0.1, 0.15) is 52.4 Å². The number of carbonyl (C=O) groups is 1. The zero-order valence-electron chi connectivity index (χ0n) is 15.6. The maximum Gasteiger partial charge on any atom is 0.162 e. The van der Waals surface area contributed by atoms with Gasteiger partial charge in [-0.25, -0.2) is 17.6 Å². The van der Waals surface area contributed by atoms with Gasteiger partial charge < -0.3 is 4.74 Å². The number of Topliss-reactive ketones (excluding diaryl/α,β-unsaturated/α-hetero) is 1. The number of halogens is 4. The summed E-state index contributed by atoms with van der Waals surface area (Å²) in [5.41, 5.74) is 0. The first-order chi connectivity index (χ1) is 12.3. The molecule has 8 atom stereocenters. The lowest BCUT2D eigenvalue weighted by atomic mass is 9.66. The van der Waals surface area contributed by atoms with Gasteiger partial charge in [-0.15, -0.1) is 0 Å². The van der Waals surface area contributed by atoms with E-state index < -0.39 is 42.3 Å². The quantitative estimate of drug-likeness (QED) is 0.660. The van der Waals surface area contributed by atoms with Gasteiger partial charge in [0.2, 0.25) is 0 Å². The van der Waals surface area contributed by atoms with Gasteiger partial charge in [0.1, 0.15) is 24.3 Å². The van der Waals surface area contributed by atoms with Crippen LogP contribution in [-0.4, -0.2) is 43.2 Å². The molecular weight excluding hydrogens is 348 g/mol. The maximum absolute atomic E-state index is 14.9. The first-order valence-corrected chi connectivity index (χ1v) is 9.99. The van der Waals surface area contributed by atoms with Crippen molar-refractivity contribution in [2.24, 2.45) is 29.6 Å². The Morgan fingerprint density at radius 3 is 2.08 bits per heavy atom. The number of hydrogen-bond donors (Lipinski definition) is 0. The molecule has 2 nitrogen and oxygen atoms in total. The fourth-order valence-electron chi connectivity index (χ4n) is 5.18. The van der Waals surface area contributed by atoms with Crippen LogP contribution in [0.2, 0.25) is 0 Å². The van der Waals surface area contributed by atoms with Crippen molar-refractivity contribution >= 4 is 5.78 Å². The Kier molecular flexibility index (Phi) is 6.30. The average molecular weight is 378 g/mol. The lowest BCUT2D eigenvalue weighted by Crippen LogP contribution is -2.47. The van der Waals surface area contributed by atoms with Gasteiger partial charge in [-0.2, -0.15) is 0 Å². The Labute approximate surface area is 153 Å². The molecule has 3 rings (SSSR count). The van der Waals surface area contributed by atoms with Crippen molar-refractivity contribution < 1.29 is 27.1 Å².